The van der Waals surface area contributed by atoms with Crippen LogP contribution in [0.1, 0.15) is 12.8 Å². The first-order valence-corrected chi connectivity index (χ1v) is 6.77. The van der Waals surface area contributed by atoms with Crippen molar-refractivity contribution in [3.05, 3.63) is 28.0 Å². The second-order valence-corrected chi connectivity index (χ2v) is 5.59. The molecule has 2 rings (SSSR count). The van der Waals surface area contributed by atoms with Gasteiger partial charge in [0.1, 0.15) is 5.82 Å². The van der Waals surface area contributed by atoms with Crippen molar-refractivity contribution in [2.75, 3.05) is 26.7 Å². The van der Waals surface area contributed by atoms with Crippen molar-refractivity contribution in [3.8, 4) is 5.75 Å². The summed E-state index contributed by atoms with van der Waals surface area (Å²) in [5.41, 5.74) is 0. The standard InChI is InChI=1S/C13H16Cl2FNO/c1-17-4-2-3-9(7-17)8-18-13-11(14)5-10(16)6-12(13)15/h5-6,9H,2-4,7-8H2,1H3. The lowest BCUT2D eigenvalue weighted by molar-refractivity contribution is 0.150. The van der Waals surface area contributed by atoms with Crippen molar-refractivity contribution in [3.63, 3.8) is 0 Å². The van der Waals surface area contributed by atoms with Crippen LogP contribution < -0.4 is 4.74 Å². The van der Waals surface area contributed by atoms with Crippen LogP contribution in [0.25, 0.3) is 0 Å². The summed E-state index contributed by atoms with van der Waals surface area (Å²) in [6, 6.07) is 2.44. The van der Waals surface area contributed by atoms with Gasteiger partial charge in [0, 0.05) is 12.5 Å². The van der Waals surface area contributed by atoms with Gasteiger partial charge in [-0.15, -0.1) is 0 Å². The monoisotopic (exact) mass is 291 g/mol. The molecule has 1 aromatic rings. The van der Waals surface area contributed by atoms with E-state index in [1.54, 1.807) is 0 Å². The molecule has 0 aliphatic carbocycles. The van der Waals surface area contributed by atoms with Gasteiger partial charge in [-0.25, -0.2) is 4.39 Å². The van der Waals surface area contributed by atoms with E-state index in [9.17, 15) is 4.39 Å². The van der Waals surface area contributed by atoms with Gasteiger partial charge >= 0.3 is 0 Å². The first kappa shape index (κ1) is 13.9. The summed E-state index contributed by atoms with van der Waals surface area (Å²) >= 11 is 11.8. The molecule has 0 bridgehead atoms. The molecule has 5 heteroatoms. The molecule has 100 valence electrons. The Balaban J connectivity index is 1.97. The third-order valence-electron chi connectivity index (χ3n) is 3.15. The van der Waals surface area contributed by atoms with Crippen molar-refractivity contribution in [2.45, 2.75) is 12.8 Å². The lowest BCUT2D eigenvalue weighted by Crippen LogP contribution is -2.34. The highest BCUT2D eigenvalue weighted by Gasteiger charge is 2.19. The van der Waals surface area contributed by atoms with Gasteiger partial charge in [0.15, 0.2) is 5.75 Å². The lowest BCUT2D eigenvalue weighted by Gasteiger charge is -2.29. The van der Waals surface area contributed by atoms with E-state index in [0.29, 0.717) is 18.3 Å². The van der Waals surface area contributed by atoms with E-state index >= 15 is 0 Å². The predicted molar refractivity (Wildman–Crippen MR) is 72.1 cm³/mol. The van der Waals surface area contributed by atoms with Gasteiger partial charge in [-0.1, -0.05) is 23.2 Å². The minimum absolute atomic E-state index is 0.226. The van der Waals surface area contributed by atoms with Gasteiger partial charge in [-0.3, -0.25) is 0 Å². The lowest BCUT2D eigenvalue weighted by atomic mass is 10.00. The normalized spacial score (nSPS) is 21.0. The molecule has 18 heavy (non-hydrogen) atoms. The van der Waals surface area contributed by atoms with Crippen molar-refractivity contribution in [1.82, 2.24) is 4.90 Å². The number of piperidine rings is 1. The maximum Gasteiger partial charge on any atom is 0.156 e. The predicted octanol–water partition coefficient (Wildman–Crippen LogP) is 3.85. The maximum absolute atomic E-state index is 13.0. The van der Waals surface area contributed by atoms with Crippen LogP contribution in [-0.4, -0.2) is 31.6 Å². The number of halogens is 3. The Hall–Kier alpha value is -0.510. The highest BCUT2D eigenvalue weighted by molar-refractivity contribution is 6.37. The Labute approximate surface area is 117 Å². The molecule has 1 aliphatic rings. The van der Waals surface area contributed by atoms with Crippen LogP contribution in [0.2, 0.25) is 10.0 Å². The van der Waals surface area contributed by atoms with E-state index in [1.807, 2.05) is 0 Å². The van der Waals surface area contributed by atoms with Crippen LogP contribution in [0.4, 0.5) is 4.39 Å². The minimum Gasteiger partial charge on any atom is -0.490 e. The maximum atomic E-state index is 13.0. The van der Waals surface area contributed by atoms with Gasteiger partial charge in [-0.05, 0) is 38.6 Å². The van der Waals surface area contributed by atoms with Gasteiger partial charge in [0.05, 0.1) is 16.7 Å². The molecule has 1 heterocycles. The second kappa shape index (κ2) is 6.09. The van der Waals surface area contributed by atoms with Crippen molar-refractivity contribution >= 4 is 23.2 Å². The molecule has 1 unspecified atom stereocenters. The number of rotatable bonds is 3. The summed E-state index contributed by atoms with van der Waals surface area (Å²) < 4.78 is 18.7. The number of benzene rings is 1. The SMILES string of the molecule is CN1CCCC(COc2c(Cl)cc(F)cc2Cl)C1. The molecule has 0 aromatic heterocycles. The average molecular weight is 292 g/mol. The summed E-state index contributed by atoms with van der Waals surface area (Å²) in [5, 5.41) is 0.452. The van der Waals surface area contributed by atoms with Crippen LogP contribution in [-0.2, 0) is 0 Å². The third-order valence-corrected chi connectivity index (χ3v) is 3.71. The van der Waals surface area contributed by atoms with Crippen molar-refractivity contribution in [2.24, 2.45) is 5.92 Å². The van der Waals surface area contributed by atoms with E-state index in [1.165, 1.54) is 18.6 Å². The zero-order valence-electron chi connectivity index (χ0n) is 10.3. The second-order valence-electron chi connectivity index (χ2n) is 4.78. The fraction of sp³-hybridized carbons (Fsp3) is 0.538. The van der Waals surface area contributed by atoms with Crippen molar-refractivity contribution in [1.29, 1.82) is 0 Å². The molecule has 0 amide bonds. The zero-order chi connectivity index (χ0) is 13.1. The van der Waals surface area contributed by atoms with Gasteiger partial charge in [0.25, 0.3) is 0 Å². The van der Waals surface area contributed by atoms with E-state index in [4.69, 9.17) is 27.9 Å². The molecule has 0 saturated carbocycles. The number of hydrogen-bond donors (Lipinski definition) is 0. The molecule has 1 saturated heterocycles. The largest absolute Gasteiger partial charge is 0.490 e. The molecule has 1 atom stereocenters. The van der Waals surface area contributed by atoms with E-state index in [0.717, 1.165) is 19.5 Å². The number of likely N-dealkylation sites (tertiary alicyclic amines) is 1. The Bertz CT molecular complexity index is 404. The fourth-order valence-corrected chi connectivity index (χ4v) is 2.85. The molecule has 1 aromatic carbocycles. The molecular formula is C13H16Cl2FNO. The minimum atomic E-state index is -0.449. The Morgan fingerprint density at radius 3 is 2.67 bits per heavy atom. The Kier molecular flexibility index (Phi) is 4.71. The fourth-order valence-electron chi connectivity index (χ4n) is 2.28. The van der Waals surface area contributed by atoms with Crippen molar-refractivity contribution < 1.29 is 9.13 Å². The molecule has 1 fully saturated rings. The molecule has 0 spiro atoms. The van der Waals surface area contributed by atoms with E-state index in [-0.39, 0.29) is 10.0 Å². The first-order valence-electron chi connectivity index (χ1n) is 6.02. The highest BCUT2D eigenvalue weighted by Crippen LogP contribution is 2.34. The number of nitrogens with zero attached hydrogens (tertiary/aromatic N) is 1. The van der Waals surface area contributed by atoms with Crippen LogP contribution in [0.3, 0.4) is 0 Å². The number of hydrogen-bond acceptors (Lipinski definition) is 2. The molecule has 1 aliphatic heterocycles. The van der Waals surface area contributed by atoms with Crippen LogP contribution >= 0.6 is 23.2 Å². The van der Waals surface area contributed by atoms with Gasteiger partial charge in [0.2, 0.25) is 0 Å². The summed E-state index contributed by atoms with van der Waals surface area (Å²) in [7, 11) is 2.10. The summed E-state index contributed by atoms with van der Waals surface area (Å²) in [4.78, 5) is 2.28. The average Bonchev–Trinajstić information content (AvgIpc) is 2.27. The van der Waals surface area contributed by atoms with Gasteiger partial charge in [-0.2, -0.15) is 0 Å². The molecule has 0 radical (unpaired) electrons. The Morgan fingerprint density at radius 1 is 1.39 bits per heavy atom. The molecule has 0 N–H and O–H groups in total. The summed E-state index contributed by atoms with van der Waals surface area (Å²) in [5.74, 6) is 0.406. The summed E-state index contributed by atoms with van der Waals surface area (Å²) in [6.45, 7) is 2.71. The molecular weight excluding hydrogens is 276 g/mol. The topological polar surface area (TPSA) is 12.5 Å². The highest BCUT2D eigenvalue weighted by atomic mass is 35.5. The number of ether oxygens (including phenoxy) is 1. The molecule has 2 nitrogen and oxygen atoms in total. The summed E-state index contributed by atoms with van der Waals surface area (Å²) in [6.07, 6.45) is 2.32. The van der Waals surface area contributed by atoms with E-state index in [2.05, 4.69) is 11.9 Å². The van der Waals surface area contributed by atoms with Gasteiger partial charge < -0.3 is 9.64 Å². The van der Waals surface area contributed by atoms with Crippen LogP contribution in [0, 0.1) is 11.7 Å². The first-order chi connectivity index (χ1) is 8.56. The van der Waals surface area contributed by atoms with Crippen LogP contribution in [0.15, 0.2) is 12.1 Å². The van der Waals surface area contributed by atoms with Crippen LogP contribution in [0.5, 0.6) is 5.75 Å². The smallest absolute Gasteiger partial charge is 0.156 e. The third kappa shape index (κ3) is 3.50. The van der Waals surface area contributed by atoms with E-state index < -0.39 is 5.82 Å². The Morgan fingerprint density at radius 2 is 2.06 bits per heavy atom. The quantitative estimate of drug-likeness (QED) is 0.839. The zero-order valence-corrected chi connectivity index (χ0v) is 11.8.